The fourth-order valence-electron chi connectivity index (χ4n) is 2.48. The Morgan fingerprint density at radius 1 is 1.39 bits per heavy atom. The van der Waals surface area contributed by atoms with Crippen LogP contribution in [0.4, 0.5) is 0 Å². The first kappa shape index (κ1) is 13.5. The van der Waals surface area contributed by atoms with Crippen molar-refractivity contribution in [2.24, 2.45) is 0 Å². The number of rotatable bonds is 5. The highest BCUT2D eigenvalue weighted by atomic mass is 16.5. The quantitative estimate of drug-likeness (QED) is 0.866. The Kier molecular flexibility index (Phi) is 4.75. The first-order valence-corrected chi connectivity index (χ1v) is 6.75. The van der Waals surface area contributed by atoms with Crippen LogP contribution in [0.1, 0.15) is 30.6 Å². The van der Waals surface area contributed by atoms with E-state index < -0.39 is 6.10 Å². The fourth-order valence-corrected chi connectivity index (χ4v) is 2.48. The molecule has 0 aliphatic carbocycles. The van der Waals surface area contributed by atoms with E-state index in [4.69, 9.17) is 4.74 Å². The number of methoxy groups -OCH3 is 1. The van der Waals surface area contributed by atoms with E-state index in [0.717, 1.165) is 31.5 Å². The van der Waals surface area contributed by atoms with Crippen LogP contribution in [0.3, 0.4) is 0 Å². The van der Waals surface area contributed by atoms with Gasteiger partial charge in [-0.25, -0.2) is 0 Å². The van der Waals surface area contributed by atoms with E-state index >= 15 is 0 Å². The van der Waals surface area contributed by atoms with Crippen molar-refractivity contribution in [3.8, 4) is 0 Å². The minimum Gasteiger partial charge on any atom is -0.387 e. The van der Waals surface area contributed by atoms with Crippen LogP contribution in [0.15, 0.2) is 24.3 Å². The normalized spacial score (nSPS) is 22.3. The van der Waals surface area contributed by atoms with E-state index in [-0.39, 0.29) is 0 Å². The Hall–Kier alpha value is -0.900. The summed E-state index contributed by atoms with van der Waals surface area (Å²) in [4.78, 5) is 2.27. The maximum atomic E-state index is 10.2. The van der Waals surface area contributed by atoms with E-state index in [1.165, 1.54) is 5.56 Å². The number of hydrogen-bond donors (Lipinski definition) is 1. The SMILES string of the molecule is CCc1ccc(C(O)CN2CCC(OC)C2)cc1. The molecule has 1 fully saturated rings. The van der Waals surface area contributed by atoms with Crippen molar-refractivity contribution >= 4 is 0 Å². The average molecular weight is 249 g/mol. The van der Waals surface area contributed by atoms with Crippen LogP contribution in [-0.2, 0) is 11.2 Å². The molecule has 1 heterocycles. The van der Waals surface area contributed by atoms with Gasteiger partial charge in [0.25, 0.3) is 0 Å². The third-order valence-electron chi connectivity index (χ3n) is 3.77. The predicted octanol–water partition coefficient (Wildman–Crippen LogP) is 2.00. The third kappa shape index (κ3) is 3.31. The molecule has 1 aromatic rings. The summed E-state index contributed by atoms with van der Waals surface area (Å²) in [6, 6.07) is 8.27. The lowest BCUT2D eigenvalue weighted by Gasteiger charge is -2.20. The Bertz CT molecular complexity index is 363. The monoisotopic (exact) mass is 249 g/mol. The number of aryl methyl sites for hydroxylation is 1. The minimum absolute atomic E-state index is 0.333. The molecule has 1 N–H and O–H groups in total. The average Bonchev–Trinajstić information content (AvgIpc) is 2.86. The summed E-state index contributed by atoms with van der Waals surface area (Å²) in [7, 11) is 1.76. The second kappa shape index (κ2) is 6.32. The predicted molar refractivity (Wildman–Crippen MR) is 72.6 cm³/mol. The molecular weight excluding hydrogens is 226 g/mol. The number of benzene rings is 1. The van der Waals surface area contributed by atoms with E-state index in [2.05, 4.69) is 24.0 Å². The number of aliphatic hydroxyl groups excluding tert-OH is 1. The second-order valence-electron chi connectivity index (χ2n) is 5.02. The zero-order valence-corrected chi connectivity index (χ0v) is 11.3. The van der Waals surface area contributed by atoms with E-state index in [1.54, 1.807) is 7.11 Å². The zero-order chi connectivity index (χ0) is 13.0. The summed E-state index contributed by atoms with van der Waals surface area (Å²) in [6.07, 6.45) is 2.04. The summed E-state index contributed by atoms with van der Waals surface area (Å²) in [6.45, 7) is 4.79. The van der Waals surface area contributed by atoms with Gasteiger partial charge in [-0.1, -0.05) is 31.2 Å². The maximum absolute atomic E-state index is 10.2. The summed E-state index contributed by atoms with van der Waals surface area (Å²) < 4.78 is 5.34. The van der Waals surface area contributed by atoms with Crippen molar-refractivity contribution in [3.63, 3.8) is 0 Å². The molecule has 18 heavy (non-hydrogen) atoms. The molecule has 1 saturated heterocycles. The van der Waals surface area contributed by atoms with Crippen LogP contribution in [-0.4, -0.2) is 42.9 Å². The Morgan fingerprint density at radius 2 is 2.11 bits per heavy atom. The van der Waals surface area contributed by atoms with E-state index in [0.29, 0.717) is 12.6 Å². The van der Waals surface area contributed by atoms with Crippen molar-refractivity contribution in [2.45, 2.75) is 32.0 Å². The van der Waals surface area contributed by atoms with Crippen molar-refractivity contribution in [2.75, 3.05) is 26.7 Å². The molecule has 2 rings (SSSR count). The van der Waals surface area contributed by atoms with Crippen LogP contribution in [0, 0.1) is 0 Å². The highest BCUT2D eigenvalue weighted by Gasteiger charge is 2.24. The summed E-state index contributed by atoms with van der Waals surface area (Å²) in [5.74, 6) is 0. The molecule has 0 radical (unpaired) electrons. The molecule has 0 aromatic heterocycles. The van der Waals surface area contributed by atoms with E-state index in [1.807, 2.05) is 12.1 Å². The molecule has 0 spiro atoms. The maximum Gasteiger partial charge on any atom is 0.0916 e. The molecule has 1 aliphatic heterocycles. The lowest BCUT2D eigenvalue weighted by molar-refractivity contribution is 0.0898. The first-order valence-electron chi connectivity index (χ1n) is 6.75. The Morgan fingerprint density at radius 3 is 2.67 bits per heavy atom. The molecule has 3 nitrogen and oxygen atoms in total. The number of likely N-dealkylation sites (tertiary alicyclic amines) is 1. The zero-order valence-electron chi connectivity index (χ0n) is 11.3. The van der Waals surface area contributed by atoms with Crippen LogP contribution < -0.4 is 0 Å². The van der Waals surface area contributed by atoms with E-state index in [9.17, 15) is 5.11 Å². The van der Waals surface area contributed by atoms with Gasteiger partial charge in [-0.3, -0.25) is 4.90 Å². The summed E-state index contributed by atoms with van der Waals surface area (Å²) in [5.41, 5.74) is 2.32. The van der Waals surface area contributed by atoms with Crippen molar-refractivity contribution in [3.05, 3.63) is 35.4 Å². The van der Waals surface area contributed by atoms with Gasteiger partial charge in [-0.05, 0) is 24.0 Å². The van der Waals surface area contributed by atoms with Crippen molar-refractivity contribution < 1.29 is 9.84 Å². The second-order valence-corrected chi connectivity index (χ2v) is 5.02. The standard InChI is InChI=1S/C15H23NO2/c1-3-12-4-6-13(7-5-12)15(17)11-16-9-8-14(10-16)18-2/h4-7,14-15,17H,3,8-11H2,1-2H3. The topological polar surface area (TPSA) is 32.7 Å². The molecule has 1 aliphatic rings. The number of aliphatic hydroxyl groups is 1. The molecule has 0 amide bonds. The van der Waals surface area contributed by atoms with Gasteiger partial charge >= 0.3 is 0 Å². The smallest absolute Gasteiger partial charge is 0.0916 e. The van der Waals surface area contributed by atoms with Gasteiger partial charge in [0.05, 0.1) is 12.2 Å². The highest BCUT2D eigenvalue weighted by molar-refractivity contribution is 5.24. The van der Waals surface area contributed by atoms with Crippen LogP contribution in [0.5, 0.6) is 0 Å². The third-order valence-corrected chi connectivity index (χ3v) is 3.77. The Balaban J connectivity index is 1.89. The number of hydrogen-bond acceptors (Lipinski definition) is 3. The number of nitrogens with zero attached hydrogens (tertiary/aromatic N) is 1. The van der Waals surface area contributed by atoms with Crippen molar-refractivity contribution in [1.29, 1.82) is 0 Å². The molecule has 100 valence electrons. The molecule has 0 saturated carbocycles. The lowest BCUT2D eigenvalue weighted by Crippen LogP contribution is -2.27. The van der Waals surface area contributed by atoms with Crippen LogP contribution in [0.25, 0.3) is 0 Å². The van der Waals surface area contributed by atoms with Gasteiger partial charge in [0.15, 0.2) is 0 Å². The Labute approximate surface area is 109 Å². The van der Waals surface area contributed by atoms with Gasteiger partial charge in [0, 0.05) is 26.7 Å². The van der Waals surface area contributed by atoms with Gasteiger partial charge < -0.3 is 9.84 Å². The number of β-amino-alcohol motifs (C(OH)–C–C–N with tert-alkyl or cyclic N) is 1. The molecule has 0 bridgehead atoms. The van der Waals surface area contributed by atoms with Gasteiger partial charge in [0.2, 0.25) is 0 Å². The first-order chi connectivity index (χ1) is 8.72. The molecule has 1 aromatic carbocycles. The van der Waals surface area contributed by atoms with Crippen molar-refractivity contribution in [1.82, 2.24) is 4.90 Å². The summed E-state index contributed by atoms with van der Waals surface area (Å²) in [5, 5.41) is 10.2. The van der Waals surface area contributed by atoms with Gasteiger partial charge in [-0.2, -0.15) is 0 Å². The van der Waals surface area contributed by atoms with Crippen LogP contribution in [0.2, 0.25) is 0 Å². The highest BCUT2D eigenvalue weighted by Crippen LogP contribution is 2.19. The molecule has 3 heteroatoms. The van der Waals surface area contributed by atoms with Crippen LogP contribution >= 0.6 is 0 Å². The largest absolute Gasteiger partial charge is 0.387 e. The van der Waals surface area contributed by atoms with Gasteiger partial charge in [0.1, 0.15) is 0 Å². The molecular formula is C15H23NO2. The minimum atomic E-state index is -0.397. The summed E-state index contributed by atoms with van der Waals surface area (Å²) >= 11 is 0. The molecule has 2 atom stereocenters. The lowest BCUT2D eigenvalue weighted by atomic mass is 10.1. The molecule has 2 unspecified atom stereocenters. The van der Waals surface area contributed by atoms with Gasteiger partial charge in [-0.15, -0.1) is 0 Å². The number of ether oxygens (including phenoxy) is 1. The fraction of sp³-hybridized carbons (Fsp3) is 0.600.